The van der Waals surface area contributed by atoms with E-state index >= 15 is 0 Å². The van der Waals surface area contributed by atoms with Crippen molar-refractivity contribution in [2.75, 3.05) is 4.90 Å². The summed E-state index contributed by atoms with van der Waals surface area (Å²) in [4.78, 5) is 26.9. The molecule has 2 aromatic carbocycles. The van der Waals surface area contributed by atoms with E-state index in [-0.39, 0.29) is 23.7 Å². The largest absolute Gasteiger partial charge is 0.274 e. The summed E-state index contributed by atoms with van der Waals surface area (Å²) in [6, 6.07) is 13.7. The normalized spacial score (nSPS) is 20.8. The van der Waals surface area contributed by atoms with Gasteiger partial charge in [-0.15, -0.1) is 0 Å². The number of hydrogen-bond acceptors (Lipinski definition) is 2. The van der Waals surface area contributed by atoms with Crippen LogP contribution in [0.4, 0.5) is 5.69 Å². The monoisotopic (exact) mass is 385 g/mol. The number of amides is 2. The maximum absolute atomic E-state index is 12.9. The second-order valence-corrected chi connectivity index (χ2v) is 7.39. The Balaban J connectivity index is 1.90. The number of nitrogens with zero attached hydrogens (tertiary/aromatic N) is 1. The highest BCUT2D eigenvalue weighted by Crippen LogP contribution is 2.34. The van der Waals surface area contributed by atoms with Gasteiger partial charge in [0.2, 0.25) is 11.8 Å². The van der Waals surface area contributed by atoms with Crippen molar-refractivity contribution in [1.29, 1.82) is 0 Å². The van der Waals surface area contributed by atoms with Gasteiger partial charge in [-0.05, 0) is 43.5 Å². The number of carbonyl (C=O) groups excluding carboxylic acids is 2. The van der Waals surface area contributed by atoms with Crippen LogP contribution in [0.25, 0.3) is 0 Å². The molecule has 24 heavy (non-hydrogen) atoms. The van der Waals surface area contributed by atoms with Gasteiger partial charge >= 0.3 is 0 Å². The number of aryl methyl sites for hydroxylation is 2. The number of carbonyl (C=O) groups is 2. The van der Waals surface area contributed by atoms with E-state index in [0.717, 1.165) is 21.2 Å². The third-order valence-electron chi connectivity index (χ3n) is 4.70. The average molecular weight is 386 g/mol. The quantitative estimate of drug-likeness (QED) is 0.732. The minimum absolute atomic E-state index is 0.107. The summed E-state index contributed by atoms with van der Waals surface area (Å²) < 4.78 is 0.899. The van der Waals surface area contributed by atoms with Gasteiger partial charge in [-0.2, -0.15) is 0 Å². The number of hydrogen-bond donors (Lipinski definition) is 0. The highest BCUT2D eigenvalue weighted by atomic mass is 79.9. The number of rotatable bonds is 3. The van der Waals surface area contributed by atoms with Crippen molar-refractivity contribution in [3.63, 3.8) is 0 Å². The van der Waals surface area contributed by atoms with Crippen LogP contribution in [0.2, 0.25) is 0 Å². The molecule has 0 unspecified atom stereocenters. The molecule has 2 aromatic rings. The van der Waals surface area contributed by atoms with Crippen molar-refractivity contribution in [3.8, 4) is 0 Å². The van der Waals surface area contributed by atoms with Crippen LogP contribution in [-0.4, -0.2) is 11.8 Å². The Morgan fingerprint density at radius 3 is 2.46 bits per heavy atom. The number of imide groups is 1. The third kappa shape index (κ3) is 3.03. The molecule has 1 saturated heterocycles. The predicted octanol–water partition coefficient (Wildman–Crippen LogP) is 4.43. The van der Waals surface area contributed by atoms with Gasteiger partial charge in [-0.25, -0.2) is 0 Å². The lowest BCUT2D eigenvalue weighted by Crippen LogP contribution is -2.31. The molecule has 4 heteroatoms. The molecule has 2 amide bonds. The zero-order chi connectivity index (χ0) is 17.4. The van der Waals surface area contributed by atoms with E-state index in [9.17, 15) is 9.59 Å². The molecule has 124 valence electrons. The minimum Gasteiger partial charge on any atom is -0.274 e. The van der Waals surface area contributed by atoms with Crippen LogP contribution in [-0.2, 0) is 16.0 Å². The van der Waals surface area contributed by atoms with Gasteiger partial charge in [0.15, 0.2) is 0 Å². The Morgan fingerprint density at radius 1 is 1.04 bits per heavy atom. The van der Waals surface area contributed by atoms with Gasteiger partial charge in [0.1, 0.15) is 0 Å². The van der Waals surface area contributed by atoms with Crippen LogP contribution in [0, 0.1) is 25.7 Å². The lowest BCUT2D eigenvalue weighted by molar-refractivity contribution is -0.122. The van der Waals surface area contributed by atoms with Crippen LogP contribution in [0.5, 0.6) is 0 Å². The summed E-state index contributed by atoms with van der Waals surface area (Å²) >= 11 is 3.48. The maximum atomic E-state index is 12.9. The Labute approximate surface area is 150 Å². The van der Waals surface area contributed by atoms with Crippen molar-refractivity contribution in [2.24, 2.45) is 11.8 Å². The number of benzene rings is 2. The molecule has 0 spiro atoms. The molecule has 0 saturated carbocycles. The molecule has 0 radical (unpaired) electrons. The van der Waals surface area contributed by atoms with Crippen molar-refractivity contribution in [2.45, 2.75) is 27.2 Å². The molecule has 2 atom stereocenters. The first-order valence-electron chi connectivity index (χ1n) is 8.08. The van der Waals surface area contributed by atoms with E-state index in [4.69, 9.17) is 0 Å². The lowest BCUT2D eigenvalue weighted by Gasteiger charge is -2.16. The second kappa shape index (κ2) is 6.52. The zero-order valence-electron chi connectivity index (χ0n) is 14.0. The fraction of sp³-hybridized carbons (Fsp3) is 0.300. The SMILES string of the molecule is Cc1cccc(C[C@H]2C(=O)N(c3ccc(C)c(Br)c3)C(=O)[C@@H]2C)c1. The third-order valence-corrected chi connectivity index (χ3v) is 5.56. The molecular formula is C20H20BrNO2. The van der Waals surface area contributed by atoms with Crippen molar-refractivity contribution in [1.82, 2.24) is 0 Å². The van der Waals surface area contributed by atoms with Crippen LogP contribution < -0.4 is 4.90 Å². The Kier molecular flexibility index (Phi) is 4.59. The van der Waals surface area contributed by atoms with E-state index in [0.29, 0.717) is 12.1 Å². The smallest absolute Gasteiger partial charge is 0.238 e. The van der Waals surface area contributed by atoms with Crippen molar-refractivity contribution in [3.05, 3.63) is 63.6 Å². The lowest BCUT2D eigenvalue weighted by atomic mass is 9.90. The first-order valence-corrected chi connectivity index (χ1v) is 8.87. The molecule has 1 heterocycles. The van der Waals surface area contributed by atoms with Crippen LogP contribution in [0.1, 0.15) is 23.6 Å². The maximum Gasteiger partial charge on any atom is 0.238 e. The molecule has 0 aromatic heterocycles. The number of halogens is 1. The zero-order valence-corrected chi connectivity index (χ0v) is 15.6. The molecule has 1 aliphatic heterocycles. The van der Waals surface area contributed by atoms with E-state index < -0.39 is 0 Å². The van der Waals surface area contributed by atoms with E-state index in [2.05, 4.69) is 22.0 Å². The summed E-state index contributed by atoms with van der Waals surface area (Å²) in [6.07, 6.45) is 0.594. The van der Waals surface area contributed by atoms with Crippen LogP contribution >= 0.6 is 15.9 Å². The molecule has 0 aliphatic carbocycles. The summed E-state index contributed by atoms with van der Waals surface area (Å²) in [5.41, 5.74) is 3.97. The highest BCUT2D eigenvalue weighted by molar-refractivity contribution is 9.10. The Hall–Kier alpha value is -1.94. The summed E-state index contributed by atoms with van der Waals surface area (Å²) in [6.45, 7) is 5.86. The first kappa shape index (κ1) is 16.9. The summed E-state index contributed by atoms with van der Waals surface area (Å²) in [7, 11) is 0. The highest BCUT2D eigenvalue weighted by Gasteiger charge is 2.45. The molecule has 0 bridgehead atoms. The fourth-order valence-corrected chi connectivity index (χ4v) is 3.56. The molecule has 1 fully saturated rings. The van der Waals surface area contributed by atoms with E-state index in [1.165, 1.54) is 4.90 Å². The topological polar surface area (TPSA) is 37.4 Å². The number of anilines is 1. The minimum atomic E-state index is -0.307. The first-order chi connectivity index (χ1) is 11.4. The van der Waals surface area contributed by atoms with Crippen molar-refractivity contribution >= 4 is 33.4 Å². The Morgan fingerprint density at radius 2 is 1.79 bits per heavy atom. The van der Waals surface area contributed by atoms with Gasteiger partial charge in [0.25, 0.3) is 0 Å². The molecular weight excluding hydrogens is 366 g/mol. The molecule has 3 rings (SSSR count). The molecule has 3 nitrogen and oxygen atoms in total. The summed E-state index contributed by atoms with van der Waals surface area (Å²) in [5.74, 6) is -0.837. The Bertz CT molecular complexity index is 815. The summed E-state index contributed by atoms with van der Waals surface area (Å²) in [5, 5.41) is 0. The van der Waals surface area contributed by atoms with Crippen molar-refractivity contribution < 1.29 is 9.59 Å². The average Bonchev–Trinajstić information content (AvgIpc) is 2.74. The molecule has 0 N–H and O–H groups in total. The van der Waals surface area contributed by atoms with Gasteiger partial charge in [0.05, 0.1) is 11.6 Å². The standard InChI is InChI=1S/C20H20BrNO2/c1-12-5-4-6-15(9-12)10-17-14(3)19(23)22(20(17)24)16-8-7-13(2)18(21)11-16/h4-9,11,14,17H,10H2,1-3H3/t14-,17-/m1/s1. The van der Waals surface area contributed by atoms with E-state index in [1.54, 1.807) is 0 Å². The van der Waals surface area contributed by atoms with Gasteiger partial charge in [-0.3, -0.25) is 14.5 Å². The molecule has 1 aliphatic rings. The van der Waals surface area contributed by atoms with Gasteiger partial charge in [-0.1, -0.05) is 58.7 Å². The van der Waals surface area contributed by atoms with Crippen LogP contribution in [0.15, 0.2) is 46.9 Å². The predicted molar refractivity (Wildman–Crippen MR) is 98.9 cm³/mol. The van der Waals surface area contributed by atoms with Crippen LogP contribution in [0.3, 0.4) is 0 Å². The van der Waals surface area contributed by atoms with Gasteiger partial charge < -0.3 is 0 Å². The second-order valence-electron chi connectivity index (χ2n) is 6.53. The van der Waals surface area contributed by atoms with Gasteiger partial charge in [0, 0.05) is 10.4 Å². The van der Waals surface area contributed by atoms with E-state index in [1.807, 2.05) is 57.2 Å². The fourth-order valence-electron chi connectivity index (χ4n) is 3.20.